The first-order chi connectivity index (χ1) is 8.15. The van der Waals surface area contributed by atoms with E-state index in [9.17, 15) is 0 Å². The smallest absolute Gasteiger partial charge is 0.0209 e. The Balaban J connectivity index is 1.50. The third kappa shape index (κ3) is 2.53. The molecule has 1 heterocycles. The van der Waals surface area contributed by atoms with Crippen molar-refractivity contribution in [3.05, 3.63) is 0 Å². The Labute approximate surface area is 111 Å². The highest BCUT2D eigenvalue weighted by Gasteiger charge is 2.40. The van der Waals surface area contributed by atoms with Crippen LogP contribution in [0.25, 0.3) is 0 Å². The van der Waals surface area contributed by atoms with Crippen molar-refractivity contribution in [2.24, 2.45) is 23.2 Å². The molecule has 17 heavy (non-hydrogen) atoms. The molecule has 1 aliphatic heterocycles. The second-order valence-corrected chi connectivity index (χ2v) is 8.36. The molecule has 1 N–H and O–H groups in total. The van der Waals surface area contributed by atoms with Crippen LogP contribution in [-0.2, 0) is 0 Å². The molecule has 98 valence electrons. The van der Waals surface area contributed by atoms with Gasteiger partial charge in [0.2, 0.25) is 0 Å². The van der Waals surface area contributed by atoms with E-state index in [2.05, 4.69) is 30.9 Å². The van der Waals surface area contributed by atoms with Gasteiger partial charge < -0.3 is 5.32 Å². The molecule has 0 amide bonds. The van der Waals surface area contributed by atoms with Gasteiger partial charge in [-0.15, -0.1) is 0 Å². The van der Waals surface area contributed by atoms with Gasteiger partial charge in [0, 0.05) is 11.8 Å². The molecule has 2 aliphatic carbocycles. The van der Waals surface area contributed by atoms with Crippen LogP contribution >= 0.6 is 11.8 Å². The minimum atomic E-state index is 0.517. The van der Waals surface area contributed by atoms with E-state index in [0.717, 1.165) is 23.8 Å². The maximum absolute atomic E-state index is 3.92. The zero-order valence-electron chi connectivity index (χ0n) is 11.4. The van der Waals surface area contributed by atoms with E-state index in [1.54, 1.807) is 6.42 Å². The number of hydrogen-bond acceptors (Lipinski definition) is 2. The third-order valence-corrected chi connectivity index (χ3v) is 6.69. The first kappa shape index (κ1) is 12.3. The summed E-state index contributed by atoms with van der Waals surface area (Å²) < 4.78 is 0. The summed E-state index contributed by atoms with van der Waals surface area (Å²) in [7, 11) is 0. The van der Waals surface area contributed by atoms with Crippen molar-refractivity contribution in [2.45, 2.75) is 52.0 Å². The van der Waals surface area contributed by atoms with Gasteiger partial charge in [-0.2, -0.15) is 11.8 Å². The molecule has 2 bridgehead atoms. The predicted octanol–water partition coefficient (Wildman–Crippen LogP) is 3.54. The summed E-state index contributed by atoms with van der Waals surface area (Å²) >= 11 is 2.14. The largest absolute Gasteiger partial charge is 0.312 e. The van der Waals surface area contributed by atoms with Crippen molar-refractivity contribution in [1.82, 2.24) is 5.32 Å². The lowest BCUT2D eigenvalue weighted by molar-refractivity contribution is 0.221. The Kier molecular flexibility index (Phi) is 3.47. The lowest BCUT2D eigenvalue weighted by atomic mass is 9.81. The maximum Gasteiger partial charge on any atom is 0.0209 e. The fourth-order valence-corrected chi connectivity index (χ4v) is 5.83. The first-order valence-corrected chi connectivity index (χ1v) is 8.62. The molecule has 3 rings (SSSR count). The minimum absolute atomic E-state index is 0.517. The Hall–Kier alpha value is 0.310. The molecule has 4 atom stereocenters. The zero-order valence-corrected chi connectivity index (χ0v) is 12.2. The van der Waals surface area contributed by atoms with Crippen LogP contribution in [0.3, 0.4) is 0 Å². The van der Waals surface area contributed by atoms with Gasteiger partial charge in [0.1, 0.15) is 0 Å². The molecule has 2 saturated carbocycles. The van der Waals surface area contributed by atoms with E-state index in [4.69, 9.17) is 0 Å². The lowest BCUT2D eigenvalue weighted by Crippen LogP contribution is -2.48. The Bertz CT molecular complexity index is 276. The fraction of sp³-hybridized carbons (Fsp3) is 1.00. The third-order valence-electron chi connectivity index (χ3n) is 5.63. The second-order valence-electron chi connectivity index (χ2n) is 7.21. The van der Waals surface area contributed by atoms with Crippen LogP contribution in [0.1, 0.15) is 46.0 Å². The predicted molar refractivity (Wildman–Crippen MR) is 76.5 cm³/mol. The molecular formula is C15H27NS. The summed E-state index contributed by atoms with van der Waals surface area (Å²) in [6, 6.07) is 0.750. The monoisotopic (exact) mass is 253 g/mol. The van der Waals surface area contributed by atoms with Crippen LogP contribution in [0, 0.1) is 23.2 Å². The SMILES string of the molecule is CC1(C)CCSCC1NCC1CC2CCC1C2. The van der Waals surface area contributed by atoms with E-state index in [-0.39, 0.29) is 0 Å². The van der Waals surface area contributed by atoms with Crippen LogP contribution in [0.15, 0.2) is 0 Å². The van der Waals surface area contributed by atoms with E-state index in [1.807, 2.05) is 0 Å². The van der Waals surface area contributed by atoms with Crippen LogP contribution in [-0.4, -0.2) is 24.1 Å². The molecule has 1 saturated heterocycles. The van der Waals surface area contributed by atoms with Gasteiger partial charge in [0.05, 0.1) is 0 Å². The number of nitrogens with one attached hydrogen (secondary N) is 1. The summed E-state index contributed by atoms with van der Waals surface area (Å²) in [6.45, 7) is 6.20. The number of hydrogen-bond donors (Lipinski definition) is 1. The Morgan fingerprint density at radius 2 is 2.12 bits per heavy atom. The molecule has 0 radical (unpaired) electrons. The number of fused-ring (bicyclic) bond motifs is 2. The maximum atomic E-state index is 3.92. The van der Waals surface area contributed by atoms with Crippen LogP contribution < -0.4 is 5.32 Å². The second kappa shape index (κ2) is 4.77. The number of thioether (sulfide) groups is 1. The fourth-order valence-electron chi connectivity index (χ4n) is 4.19. The Morgan fingerprint density at radius 3 is 2.76 bits per heavy atom. The summed E-state index contributed by atoms with van der Waals surface area (Å²) in [5.74, 6) is 5.87. The summed E-state index contributed by atoms with van der Waals surface area (Å²) in [5.41, 5.74) is 0.517. The van der Waals surface area contributed by atoms with Gasteiger partial charge in [-0.1, -0.05) is 20.3 Å². The first-order valence-electron chi connectivity index (χ1n) is 7.46. The van der Waals surface area contributed by atoms with Crippen molar-refractivity contribution in [2.75, 3.05) is 18.1 Å². The van der Waals surface area contributed by atoms with Gasteiger partial charge in [-0.25, -0.2) is 0 Å². The van der Waals surface area contributed by atoms with Crippen molar-refractivity contribution >= 4 is 11.8 Å². The van der Waals surface area contributed by atoms with Gasteiger partial charge >= 0.3 is 0 Å². The zero-order chi connectivity index (χ0) is 11.9. The van der Waals surface area contributed by atoms with Crippen molar-refractivity contribution < 1.29 is 0 Å². The normalized spacial score (nSPS) is 44.1. The quantitative estimate of drug-likeness (QED) is 0.825. The highest BCUT2D eigenvalue weighted by atomic mass is 32.2. The average Bonchev–Trinajstić information content (AvgIpc) is 2.88. The van der Waals surface area contributed by atoms with Crippen LogP contribution in [0.2, 0.25) is 0 Å². The molecule has 1 nitrogen and oxygen atoms in total. The standard InChI is InChI=1S/C15H27NS/c1-15(2)5-6-17-10-14(15)16-9-13-8-11-3-4-12(13)7-11/h11-14,16H,3-10H2,1-2H3. The molecule has 0 aromatic carbocycles. The van der Waals surface area contributed by atoms with Crippen molar-refractivity contribution in [3.63, 3.8) is 0 Å². The molecule has 2 heteroatoms. The van der Waals surface area contributed by atoms with Crippen molar-refractivity contribution in [3.8, 4) is 0 Å². The van der Waals surface area contributed by atoms with Gasteiger partial charge in [-0.3, -0.25) is 0 Å². The average molecular weight is 253 g/mol. The van der Waals surface area contributed by atoms with E-state index >= 15 is 0 Å². The van der Waals surface area contributed by atoms with Gasteiger partial charge in [0.15, 0.2) is 0 Å². The Morgan fingerprint density at radius 1 is 1.24 bits per heavy atom. The molecule has 0 aromatic heterocycles. The molecule has 3 aliphatic rings. The number of rotatable bonds is 3. The van der Waals surface area contributed by atoms with E-state index in [0.29, 0.717) is 5.41 Å². The summed E-state index contributed by atoms with van der Waals surface area (Å²) in [5, 5.41) is 3.92. The molecule has 0 spiro atoms. The highest BCUT2D eigenvalue weighted by molar-refractivity contribution is 7.99. The summed E-state index contributed by atoms with van der Waals surface area (Å²) in [6.07, 6.45) is 7.52. The van der Waals surface area contributed by atoms with Gasteiger partial charge in [-0.05, 0) is 61.1 Å². The molecular weight excluding hydrogens is 226 g/mol. The van der Waals surface area contributed by atoms with E-state index in [1.165, 1.54) is 43.7 Å². The van der Waals surface area contributed by atoms with Gasteiger partial charge in [0.25, 0.3) is 0 Å². The molecule has 3 fully saturated rings. The topological polar surface area (TPSA) is 12.0 Å². The van der Waals surface area contributed by atoms with E-state index < -0.39 is 0 Å². The van der Waals surface area contributed by atoms with Crippen molar-refractivity contribution in [1.29, 1.82) is 0 Å². The lowest BCUT2D eigenvalue weighted by Gasteiger charge is -2.40. The van der Waals surface area contributed by atoms with Crippen LogP contribution in [0.5, 0.6) is 0 Å². The molecule has 0 aromatic rings. The van der Waals surface area contributed by atoms with Crippen LogP contribution in [0.4, 0.5) is 0 Å². The minimum Gasteiger partial charge on any atom is -0.312 e. The molecule has 4 unspecified atom stereocenters. The highest BCUT2D eigenvalue weighted by Crippen LogP contribution is 2.48. The summed E-state index contributed by atoms with van der Waals surface area (Å²) in [4.78, 5) is 0.